The van der Waals surface area contributed by atoms with Crippen molar-refractivity contribution in [2.45, 2.75) is 33.2 Å². The third-order valence-corrected chi connectivity index (χ3v) is 4.89. The van der Waals surface area contributed by atoms with Crippen molar-refractivity contribution < 1.29 is 0 Å². The topological polar surface area (TPSA) is 38.9 Å². The van der Waals surface area contributed by atoms with Gasteiger partial charge in [-0.1, -0.05) is 41.4 Å². The van der Waals surface area contributed by atoms with Crippen LogP contribution < -0.4 is 5.73 Å². The lowest BCUT2D eigenvalue weighted by atomic mass is 10.1. The minimum Gasteiger partial charge on any atom is -0.326 e. The Labute approximate surface area is 120 Å². The van der Waals surface area contributed by atoms with E-state index in [1.807, 2.05) is 0 Å². The van der Waals surface area contributed by atoms with E-state index < -0.39 is 0 Å². The molecule has 0 aliphatic heterocycles. The summed E-state index contributed by atoms with van der Waals surface area (Å²) in [4.78, 5) is 5.94. The molecule has 0 aliphatic rings. The van der Waals surface area contributed by atoms with Crippen molar-refractivity contribution in [3.8, 4) is 10.6 Å². The van der Waals surface area contributed by atoms with Crippen LogP contribution in [0.15, 0.2) is 22.7 Å². The van der Waals surface area contributed by atoms with Gasteiger partial charge >= 0.3 is 0 Å². The van der Waals surface area contributed by atoms with E-state index in [2.05, 4.69) is 48.0 Å². The van der Waals surface area contributed by atoms with Gasteiger partial charge in [0.15, 0.2) is 0 Å². The summed E-state index contributed by atoms with van der Waals surface area (Å²) in [6.45, 7) is 4.84. The molecule has 0 aliphatic carbocycles. The molecule has 0 spiro atoms. The second-order valence-corrected chi connectivity index (χ2v) is 6.24. The first-order valence-corrected chi connectivity index (χ1v) is 7.71. The van der Waals surface area contributed by atoms with Gasteiger partial charge in [-0.25, -0.2) is 4.98 Å². The van der Waals surface area contributed by atoms with Crippen LogP contribution >= 0.6 is 27.3 Å². The van der Waals surface area contributed by atoms with E-state index >= 15 is 0 Å². The van der Waals surface area contributed by atoms with Gasteiger partial charge < -0.3 is 5.73 Å². The Morgan fingerprint density at radius 1 is 1.39 bits per heavy atom. The molecule has 0 bridgehead atoms. The largest absolute Gasteiger partial charge is 0.326 e. The molecule has 2 nitrogen and oxygen atoms in total. The van der Waals surface area contributed by atoms with Crippen LogP contribution in [-0.4, -0.2) is 4.98 Å². The first-order valence-electron chi connectivity index (χ1n) is 6.10. The Bertz CT molecular complexity index is 549. The second-order valence-electron chi connectivity index (χ2n) is 4.31. The number of hydrogen-bond donors (Lipinski definition) is 1. The maximum atomic E-state index is 5.79. The van der Waals surface area contributed by atoms with Crippen LogP contribution in [-0.2, 0) is 13.0 Å². The molecule has 0 unspecified atom stereocenters. The zero-order valence-corrected chi connectivity index (χ0v) is 13.1. The van der Waals surface area contributed by atoms with Crippen LogP contribution in [0.3, 0.4) is 0 Å². The van der Waals surface area contributed by atoms with Crippen molar-refractivity contribution >= 4 is 27.3 Å². The molecule has 0 amide bonds. The molecule has 0 saturated carbocycles. The van der Waals surface area contributed by atoms with E-state index in [1.165, 1.54) is 10.4 Å². The van der Waals surface area contributed by atoms with Gasteiger partial charge in [0.1, 0.15) is 5.01 Å². The fourth-order valence-corrected chi connectivity index (χ4v) is 3.19. The number of nitrogens with two attached hydrogens (primary N) is 1. The Balaban J connectivity index is 2.40. The minimum atomic E-state index is 0.583. The van der Waals surface area contributed by atoms with E-state index in [0.29, 0.717) is 6.54 Å². The number of rotatable bonds is 4. The van der Waals surface area contributed by atoms with E-state index in [0.717, 1.165) is 33.6 Å². The number of halogens is 1. The molecular formula is C14H17BrN2S. The molecule has 18 heavy (non-hydrogen) atoms. The molecule has 2 rings (SSSR count). The minimum absolute atomic E-state index is 0.583. The van der Waals surface area contributed by atoms with E-state index in [1.54, 1.807) is 11.3 Å². The van der Waals surface area contributed by atoms with E-state index in [4.69, 9.17) is 10.7 Å². The SMILES string of the molecule is CCCc1nc(-c2ccc(C)c(Br)c2)sc1CN. The maximum absolute atomic E-state index is 5.79. The van der Waals surface area contributed by atoms with Crippen molar-refractivity contribution in [1.82, 2.24) is 4.98 Å². The van der Waals surface area contributed by atoms with E-state index in [9.17, 15) is 0 Å². The number of nitrogens with zero attached hydrogens (tertiary/aromatic N) is 1. The van der Waals surface area contributed by atoms with Gasteiger partial charge in [0, 0.05) is 21.5 Å². The van der Waals surface area contributed by atoms with E-state index in [-0.39, 0.29) is 0 Å². The first-order chi connectivity index (χ1) is 8.65. The van der Waals surface area contributed by atoms with Gasteiger partial charge in [-0.05, 0) is 25.0 Å². The number of thiazole rings is 1. The molecule has 96 valence electrons. The fourth-order valence-electron chi connectivity index (χ4n) is 1.82. The lowest BCUT2D eigenvalue weighted by molar-refractivity contribution is 0.872. The van der Waals surface area contributed by atoms with Crippen LogP contribution in [0, 0.1) is 6.92 Å². The van der Waals surface area contributed by atoms with Crippen LogP contribution in [0.5, 0.6) is 0 Å². The predicted octanol–water partition coefficient (Wildman–Crippen LogP) is 4.29. The Kier molecular flexibility index (Phi) is 4.54. The average molecular weight is 325 g/mol. The standard InChI is InChI=1S/C14H17BrN2S/c1-3-4-12-13(8-16)18-14(17-12)10-6-5-9(2)11(15)7-10/h5-7H,3-4,8,16H2,1-2H3. The van der Waals surface area contributed by atoms with Crippen LogP contribution in [0.2, 0.25) is 0 Å². The lowest BCUT2D eigenvalue weighted by Crippen LogP contribution is -1.97. The number of hydrogen-bond acceptors (Lipinski definition) is 3. The van der Waals surface area contributed by atoms with Crippen LogP contribution in [0.25, 0.3) is 10.6 Å². The van der Waals surface area contributed by atoms with Gasteiger partial charge in [-0.15, -0.1) is 11.3 Å². The molecule has 2 aromatic rings. The third-order valence-electron chi connectivity index (χ3n) is 2.87. The zero-order chi connectivity index (χ0) is 13.1. The highest BCUT2D eigenvalue weighted by Gasteiger charge is 2.11. The second kappa shape index (κ2) is 5.95. The number of aromatic nitrogens is 1. The van der Waals surface area contributed by atoms with Gasteiger partial charge in [-0.2, -0.15) is 0 Å². The summed E-state index contributed by atoms with van der Waals surface area (Å²) >= 11 is 5.28. The zero-order valence-electron chi connectivity index (χ0n) is 10.7. The summed E-state index contributed by atoms with van der Waals surface area (Å²) in [5.41, 5.74) is 9.35. The molecule has 1 aromatic heterocycles. The smallest absolute Gasteiger partial charge is 0.123 e. The molecule has 0 fully saturated rings. The summed E-state index contributed by atoms with van der Waals surface area (Å²) in [6.07, 6.45) is 2.11. The highest BCUT2D eigenvalue weighted by Crippen LogP contribution is 2.31. The Morgan fingerprint density at radius 2 is 2.17 bits per heavy atom. The molecule has 2 N–H and O–H groups in total. The van der Waals surface area contributed by atoms with Gasteiger partial charge in [0.25, 0.3) is 0 Å². The fraction of sp³-hybridized carbons (Fsp3) is 0.357. The highest BCUT2D eigenvalue weighted by atomic mass is 79.9. The van der Waals surface area contributed by atoms with Crippen LogP contribution in [0.4, 0.5) is 0 Å². The average Bonchev–Trinajstić information content (AvgIpc) is 2.76. The third kappa shape index (κ3) is 2.82. The monoisotopic (exact) mass is 324 g/mol. The normalized spacial score (nSPS) is 10.9. The van der Waals surface area contributed by atoms with Crippen molar-refractivity contribution in [3.63, 3.8) is 0 Å². The van der Waals surface area contributed by atoms with Gasteiger partial charge in [0.2, 0.25) is 0 Å². The predicted molar refractivity (Wildman–Crippen MR) is 81.9 cm³/mol. The molecular weight excluding hydrogens is 308 g/mol. The summed E-state index contributed by atoms with van der Waals surface area (Å²) < 4.78 is 1.13. The molecule has 4 heteroatoms. The molecule has 0 radical (unpaired) electrons. The van der Waals surface area contributed by atoms with Gasteiger partial charge in [-0.3, -0.25) is 0 Å². The summed E-state index contributed by atoms with van der Waals surface area (Å²) in [7, 11) is 0. The number of benzene rings is 1. The quantitative estimate of drug-likeness (QED) is 0.910. The summed E-state index contributed by atoms with van der Waals surface area (Å²) in [6, 6.07) is 6.36. The Morgan fingerprint density at radius 3 is 2.78 bits per heavy atom. The molecule has 0 saturated heterocycles. The highest BCUT2D eigenvalue weighted by molar-refractivity contribution is 9.10. The molecule has 1 aromatic carbocycles. The molecule has 1 heterocycles. The van der Waals surface area contributed by atoms with Crippen molar-refractivity contribution in [3.05, 3.63) is 38.8 Å². The van der Waals surface area contributed by atoms with Crippen molar-refractivity contribution in [2.24, 2.45) is 5.73 Å². The van der Waals surface area contributed by atoms with Crippen molar-refractivity contribution in [2.75, 3.05) is 0 Å². The molecule has 0 atom stereocenters. The first kappa shape index (κ1) is 13.7. The van der Waals surface area contributed by atoms with Gasteiger partial charge in [0.05, 0.1) is 5.69 Å². The summed E-state index contributed by atoms with van der Waals surface area (Å²) in [5, 5.41) is 1.07. The number of aryl methyl sites for hydroxylation is 2. The van der Waals surface area contributed by atoms with Crippen LogP contribution in [0.1, 0.15) is 29.5 Å². The maximum Gasteiger partial charge on any atom is 0.123 e. The Hall–Kier alpha value is -0.710. The van der Waals surface area contributed by atoms with Crippen molar-refractivity contribution in [1.29, 1.82) is 0 Å². The summed E-state index contributed by atoms with van der Waals surface area (Å²) in [5.74, 6) is 0. The lowest BCUT2D eigenvalue weighted by Gasteiger charge is -2.00.